The van der Waals surface area contributed by atoms with E-state index < -0.39 is 0 Å². The zero-order chi connectivity index (χ0) is 12.4. The van der Waals surface area contributed by atoms with Crippen LogP contribution in [-0.4, -0.2) is 17.6 Å². The van der Waals surface area contributed by atoms with Crippen LogP contribution in [0.25, 0.3) is 0 Å². The second-order valence-corrected chi connectivity index (χ2v) is 4.53. The summed E-state index contributed by atoms with van der Waals surface area (Å²) in [5.41, 5.74) is 2.91. The number of benzene rings is 1. The third-order valence-corrected chi connectivity index (χ3v) is 3.28. The topological polar surface area (TPSA) is 46.2 Å². The van der Waals surface area contributed by atoms with Gasteiger partial charge in [-0.2, -0.15) is 0 Å². The normalized spacial score (nSPS) is 17.6. The number of hydrogen-bond acceptors (Lipinski definition) is 2. The fraction of sp³-hybridized carbons (Fsp3) is 0.385. The molecule has 1 aromatic rings. The molecule has 1 amide bonds. The number of carbonyl (C=O) groups is 2. The highest BCUT2D eigenvalue weighted by atomic mass is 35.5. The minimum Gasteiger partial charge on any atom is -0.350 e. The highest BCUT2D eigenvalue weighted by Crippen LogP contribution is 2.31. The maximum Gasteiger partial charge on any atom is 0.217 e. The molecule has 0 saturated heterocycles. The Labute approximate surface area is 105 Å². The number of fused-ring (bicyclic) bond motifs is 1. The highest BCUT2D eigenvalue weighted by molar-refractivity contribution is 6.30. The van der Waals surface area contributed by atoms with Gasteiger partial charge >= 0.3 is 0 Å². The SMILES string of the molecule is CC(=O)NC1CCc2cc(C(=O)CCl)ccc21. The number of carbonyl (C=O) groups excluding carboxylic acids is 2. The first-order valence-corrected chi connectivity index (χ1v) is 6.14. The van der Waals surface area contributed by atoms with Crippen molar-refractivity contribution in [3.63, 3.8) is 0 Å². The summed E-state index contributed by atoms with van der Waals surface area (Å²) < 4.78 is 0. The van der Waals surface area contributed by atoms with E-state index in [9.17, 15) is 9.59 Å². The average Bonchev–Trinajstić information content (AvgIpc) is 2.70. The summed E-state index contributed by atoms with van der Waals surface area (Å²) in [7, 11) is 0. The zero-order valence-corrected chi connectivity index (χ0v) is 10.4. The van der Waals surface area contributed by atoms with E-state index in [1.807, 2.05) is 12.1 Å². The van der Waals surface area contributed by atoms with Crippen LogP contribution < -0.4 is 5.32 Å². The molecule has 1 N–H and O–H groups in total. The lowest BCUT2D eigenvalue weighted by Gasteiger charge is -2.12. The second kappa shape index (κ2) is 4.88. The van der Waals surface area contributed by atoms with Crippen LogP contribution in [0, 0.1) is 0 Å². The first-order valence-electron chi connectivity index (χ1n) is 5.61. The Hall–Kier alpha value is -1.35. The molecule has 1 aliphatic carbocycles. The molecule has 0 aliphatic heterocycles. The lowest BCUT2D eigenvalue weighted by atomic mass is 10.0. The van der Waals surface area contributed by atoms with Crippen LogP contribution in [-0.2, 0) is 11.2 Å². The minimum absolute atomic E-state index is 0.00785. The lowest BCUT2D eigenvalue weighted by Crippen LogP contribution is -2.24. The molecule has 0 saturated carbocycles. The molecule has 0 fully saturated rings. The zero-order valence-electron chi connectivity index (χ0n) is 9.63. The molecular formula is C13H14ClNO2. The van der Waals surface area contributed by atoms with Crippen molar-refractivity contribution in [2.45, 2.75) is 25.8 Å². The van der Waals surface area contributed by atoms with Gasteiger partial charge in [0.2, 0.25) is 5.91 Å². The summed E-state index contributed by atoms with van der Waals surface area (Å²) in [6.07, 6.45) is 1.79. The number of amides is 1. The molecule has 0 bridgehead atoms. The molecule has 17 heavy (non-hydrogen) atoms. The Morgan fingerprint density at radius 1 is 1.47 bits per heavy atom. The molecule has 1 aliphatic rings. The smallest absolute Gasteiger partial charge is 0.217 e. The van der Waals surface area contributed by atoms with Gasteiger partial charge in [0.25, 0.3) is 0 Å². The minimum atomic E-state index is -0.0579. The van der Waals surface area contributed by atoms with E-state index in [0.717, 1.165) is 24.0 Å². The van der Waals surface area contributed by atoms with Crippen molar-refractivity contribution in [1.82, 2.24) is 5.32 Å². The summed E-state index contributed by atoms with van der Waals surface area (Å²) in [6, 6.07) is 5.68. The predicted octanol–water partition coefficient (Wildman–Crippen LogP) is 2.23. The van der Waals surface area contributed by atoms with E-state index in [4.69, 9.17) is 11.6 Å². The number of Topliss-reactive ketones (excluding diaryl/α,β-unsaturated/α-hetero) is 1. The first-order chi connectivity index (χ1) is 8.11. The molecular weight excluding hydrogens is 238 g/mol. The highest BCUT2D eigenvalue weighted by Gasteiger charge is 2.23. The maximum atomic E-state index is 11.5. The second-order valence-electron chi connectivity index (χ2n) is 4.26. The maximum absolute atomic E-state index is 11.5. The van der Waals surface area contributed by atoms with Gasteiger partial charge in [0.1, 0.15) is 0 Å². The summed E-state index contributed by atoms with van der Waals surface area (Å²) in [6.45, 7) is 1.52. The van der Waals surface area contributed by atoms with Crippen LogP contribution in [0.15, 0.2) is 18.2 Å². The Morgan fingerprint density at radius 2 is 2.24 bits per heavy atom. The molecule has 0 aromatic heterocycles. The molecule has 3 nitrogen and oxygen atoms in total. The van der Waals surface area contributed by atoms with Crippen LogP contribution in [0.4, 0.5) is 0 Å². The third kappa shape index (κ3) is 2.50. The van der Waals surface area contributed by atoms with E-state index in [1.165, 1.54) is 6.92 Å². The largest absolute Gasteiger partial charge is 0.350 e. The van der Waals surface area contributed by atoms with Crippen molar-refractivity contribution in [3.05, 3.63) is 34.9 Å². The van der Waals surface area contributed by atoms with Crippen molar-refractivity contribution >= 4 is 23.3 Å². The molecule has 90 valence electrons. The third-order valence-electron chi connectivity index (χ3n) is 3.04. The number of hydrogen-bond donors (Lipinski definition) is 1. The van der Waals surface area contributed by atoms with Gasteiger partial charge in [-0.05, 0) is 30.0 Å². The van der Waals surface area contributed by atoms with Gasteiger partial charge in [0.15, 0.2) is 5.78 Å². The standard InChI is InChI=1S/C13H14ClNO2/c1-8(16)15-12-5-3-9-6-10(13(17)7-14)2-4-11(9)12/h2,4,6,12H,3,5,7H2,1H3,(H,15,16). The fourth-order valence-electron chi connectivity index (χ4n) is 2.26. The van der Waals surface area contributed by atoms with Gasteiger partial charge in [-0.1, -0.05) is 12.1 Å². The van der Waals surface area contributed by atoms with Crippen molar-refractivity contribution < 1.29 is 9.59 Å². The number of aryl methyl sites for hydroxylation is 1. The number of halogens is 1. The van der Waals surface area contributed by atoms with Crippen LogP contribution in [0.1, 0.15) is 40.9 Å². The predicted molar refractivity (Wildman–Crippen MR) is 66.4 cm³/mol. The van der Waals surface area contributed by atoms with Gasteiger partial charge in [0, 0.05) is 12.5 Å². The molecule has 1 aromatic carbocycles. The molecule has 0 heterocycles. The molecule has 1 unspecified atom stereocenters. The number of alkyl halides is 1. The van der Waals surface area contributed by atoms with Gasteiger partial charge < -0.3 is 5.32 Å². The Bertz CT molecular complexity index is 470. The summed E-state index contributed by atoms with van der Waals surface area (Å²) >= 11 is 5.53. The summed E-state index contributed by atoms with van der Waals surface area (Å²) in [5, 5.41) is 2.91. The van der Waals surface area contributed by atoms with Crippen molar-refractivity contribution in [3.8, 4) is 0 Å². The van der Waals surface area contributed by atoms with E-state index in [2.05, 4.69) is 5.32 Å². The van der Waals surface area contributed by atoms with Gasteiger partial charge in [-0.25, -0.2) is 0 Å². The van der Waals surface area contributed by atoms with Gasteiger partial charge in [-0.15, -0.1) is 11.6 Å². The molecule has 4 heteroatoms. The molecule has 1 atom stereocenters. The molecule has 0 radical (unpaired) electrons. The Morgan fingerprint density at radius 3 is 2.88 bits per heavy atom. The summed E-state index contributed by atoms with van der Waals surface area (Å²) in [4.78, 5) is 22.5. The average molecular weight is 252 g/mol. The van der Waals surface area contributed by atoms with E-state index in [-0.39, 0.29) is 23.6 Å². The van der Waals surface area contributed by atoms with Crippen LogP contribution in [0.5, 0.6) is 0 Å². The summed E-state index contributed by atoms with van der Waals surface area (Å²) in [5.74, 6) is -0.0744. The van der Waals surface area contributed by atoms with E-state index in [1.54, 1.807) is 6.07 Å². The fourth-order valence-corrected chi connectivity index (χ4v) is 2.42. The van der Waals surface area contributed by atoms with Crippen molar-refractivity contribution in [2.75, 3.05) is 5.88 Å². The number of ketones is 1. The lowest BCUT2D eigenvalue weighted by molar-refractivity contribution is -0.119. The Balaban J connectivity index is 2.25. The molecule has 0 spiro atoms. The van der Waals surface area contributed by atoms with E-state index in [0.29, 0.717) is 5.56 Å². The van der Waals surface area contributed by atoms with Crippen LogP contribution in [0.2, 0.25) is 0 Å². The van der Waals surface area contributed by atoms with Crippen LogP contribution >= 0.6 is 11.6 Å². The quantitative estimate of drug-likeness (QED) is 0.662. The Kier molecular flexibility index (Phi) is 3.48. The van der Waals surface area contributed by atoms with E-state index >= 15 is 0 Å². The number of rotatable bonds is 3. The van der Waals surface area contributed by atoms with Crippen molar-refractivity contribution in [2.24, 2.45) is 0 Å². The van der Waals surface area contributed by atoms with Crippen molar-refractivity contribution in [1.29, 1.82) is 0 Å². The number of nitrogens with one attached hydrogen (secondary N) is 1. The van der Waals surface area contributed by atoms with Gasteiger partial charge in [0.05, 0.1) is 11.9 Å². The van der Waals surface area contributed by atoms with Crippen LogP contribution in [0.3, 0.4) is 0 Å². The van der Waals surface area contributed by atoms with Gasteiger partial charge in [-0.3, -0.25) is 9.59 Å². The molecule has 2 rings (SSSR count). The first kappa shape index (κ1) is 12.1. The monoisotopic (exact) mass is 251 g/mol.